The zero-order valence-electron chi connectivity index (χ0n) is 7.15. The molecule has 0 amide bonds. The normalized spacial score (nSPS) is 10.2. The van der Waals surface area contributed by atoms with Crippen LogP contribution >= 0.6 is 0 Å². The van der Waals surface area contributed by atoms with Crippen LogP contribution in [0, 0.1) is 0 Å². The minimum Gasteiger partial charge on any atom is -0.545 e. The standard InChI is InChI=1S/C9H11NO2/c1-7(2)10-5-3-4-8(6-10)9(11)12/h3-7H,1-2H3. The van der Waals surface area contributed by atoms with E-state index in [1.54, 1.807) is 12.3 Å². The first-order valence-electron chi connectivity index (χ1n) is 3.83. The van der Waals surface area contributed by atoms with E-state index in [9.17, 15) is 9.90 Å². The molecule has 0 N–H and O–H groups in total. The van der Waals surface area contributed by atoms with E-state index in [0.29, 0.717) is 0 Å². The molecule has 3 nitrogen and oxygen atoms in total. The molecule has 64 valence electrons. The monoisotopic (exact) mass is 165 g/mol. The van der Waals surface area contributed by atoms with E-state index < -0.39 is 5.97 Å². The summed E-state index contributed by atoms with van der Waals surface area (Å²) in [6, 6.07) is 3.49. The van der Waals surface area contributed by atoms with Crippen molar-refractivity contribution in [3.05, 3.63) is 30.1 Å². The molecule has 1 aromatic rings. The van der Waals surface area contributed by atoms with E-state index in [0.717, 1.165) is 0 Å². The Morgan fingerprint density at radius 3 is 2.75 bits per heavy atom. The van der Waals surface area contributed by atoms with Gasteiger partial charge in [0.1, 0.15) is 0 Å². The lowest BCUT2D eigenvalue weighted by Gasteiger charge is -2.03. The summed E-state index contributed by atoms with van der Waals surface area (Å²) < 4.78 is 1.82. The molecule has 0 unspecified atom stereocenters. The molecule has 0 aliphatic heterocycles. The predicted octanol–water partition coefficient (Wildman–Crippen LogP) is -0.0815. The van der Waals surface area contributed by atoms with Gasteiger partial charge in [0.05, 0.1) is 11.5 Å². The van der Waals surface area contributed by atoms with Crippen molar-refractivity contribution in [1.82, 2.24) is 0 Å². The van der Waals surface area contributed by atoms with Crippen LogP contribution in [0.2, 0.25) is 0 Å². The van der Waals surface area contributed by atoms with Gasteiger partial charge < -0.3 is 9.90 Å². The number of carboxylic acids is 1. The molecule has 0 radical (unpaired) electrons. The molecule has 0 bridgehead atoms. The number of hydrogen-bond donors (Lipinski definition) is 0. The summed E-state index contributed by atoms with van der Waals surface area (Å²) in [7, 11) is 0. The minimum absolute atomic E-state index is 0.214. The van der Waals surface area contributed by atoms with Crippen molar-refractivity contribution >= 4 is 5.97 Å². The molecule has 1 heterocycles. The predicted molar refractivity (Wildman–Crippen MR) is 41.4 cm³/mol. The van der Waals surface area contributed by atoms with E-state index >= 15 is 0 Å². The first-order chi connectivity index (χ1) is 5.61. The summed E-state index contributed by atoms with van der Waals surface area (Å²) in [4.78, 5) is 10.5. The molecule has 3 heteroatoms. The number of aromatic carboxylic acids is 1. The maximum atomic E-state index is 10.5. The van der Waals surface area contributed by atoms with Gasteiger partial charge in [0.2, 0.25) is 0 Å². The lowest BCUT2D eigenvalue weighted by atomic mass is 10.2. The quantitative estimate of drug-likeness (QED) is 0.575. The van der Waals surface area contributed by atoms with E-state index in [-0.39, 0.29) is 11.6 Å². The third-order valence-corrected chi connectivity index (χ3v) is 1.65. The first kappa shape index (κ1) is 8.71. The van der Waals surface area contributed by atoms with Crippen LogP contribution in [0.1, 0.15) is 30.2 Å². The number of rotatable bonds is 2. The Balaban J connectivity index is 3.04. The Labute approximate surface area is 71.3 Å². The fraction of sp³-hybridized carbons (Fsp3) is 0.333. The Bertz CT molecular complexity index is 294. The van der Waals surface area contributed by atoms with Crippen molar-refractivity contribution in [3.8, 4) is 0 Å². The van der Waals surface area contributed by atoms with Gasteiger partial charge in [-0.05, 0) is 19.9 Å². The average molecular weight is 165 g/mol. The molecule has 0 aliphatic carbocycles. The van der Waals surface area contributed by atoms with Crippen molar-refractivity contribution in [2.24, 2.45) is 0 Å². The highest BCUT2D eigenvalue weighted by atomic mass is 16.4. The van der Waals surface area contributed by atoms with Crippen molar-refractivity contribution in [2.75, 3.05) is 0 Å². The summed E-state index contributed by atoms with van der Waals surface area (Å²) in [5.74, 6) is -1.13. The smallest absolute Gasteiger partial charge is 0.178 e. The maximum absolute atomic E-state index is 10.5. The Morgan fingerprint density at radius 1 is 1.58 bits per heavy atom. The number of aromatic nitrogens is 1. The van der Waals surface area contributed by atoms with Gasteiger partial charge in [0.15, 0.2) is 18.4 Å². The fourth-order valence-electron chi connectivity index (χ4n) is 0.935. The van der Waals surface area contributed by atoms with Crippen LogP contribution in [0.4, 0.5) is 0 Å². The van der Waals surface area contributed by atoms with Crippen LogP contribution in [0.15, 0.2) is 24.5 Å². The lowest BCUT2D eigenvalue weighted by molar-refractivity contribution is -0.716. The van der Waals surface area contributed by atoms with Crippen LogP contribution < -0.4 is 9.67 Å². The molecular weight excluding hydrogens is 154 g/mol. The molecule has 0 atom stereocenters. The SMILES string of the molecule is CC(C)[n+]1cccc(C(=O)[O-])c1. The second-order valence-electron chi connectivity index (χ2n) is 2.92. The first-order valence-corrected chi connectivity index (χ1v) is 3.83. The highest BCUT2D eigenvalue weighted by Gasteiger charge is 2.06. The molecule has 12 heavy (non-hydrogen) atoms. The minimum atomic E-state index is -1.13. The second-order valence-corrected chi connectivity index (χ2v) is 2.92. The van der Waals surface area contributed by atoms with Crippen LogP contribution in [0.3, 0.4) is 0 Å². The van der Waals surface area contributed by atoms with Crippen LogP contribution in [-0.2, 0) is 0 Å². The Hall–Kier alpha value is -1.38. The second kappa shape index (κ2) is 3.34. The van der Waals surface area contributed by atoms with Crippen LogP contribution in [-0.4, -0.2) is 5.97 Å². The summed E-state index contributed by atoms with van der Waals surface area (Å²) in [6.45, 7) is 3.97. The van der Waals surface area contributed by atoms with Crippen molar-refractivity contribution in [2.45, 2.75) is 19.9 Å². The zero-order valence-corrected chi connectivity index (χ0v) is 7.15. The third kappa shape index (κ3) is 1.81. The molecule has 0 fully saturated rings. The van der Waals surface area contributed by atoms with Gasteiger partial charge >= 0.3 is 0 Å². The van der Waals surface area contributed by atoms with E-state index in [1.165, 1.54) is 6.07 Å². The molecule has 0 spiro atoms. The third-order valence-electron chi connectivity index (χ3n) is 1.65. The van der Waals surface area contributed by atoms with Crippen molar-refractivity contribution in [1.29, 1.82) is 0 Å². The summed E-state index contributed by atoms with van der Waals surface area (Å²) in [5, 5.41) is 10.5. The number of pyridine rings is 1. The average Bonchev–Trinajstić information content (AvgIpc) is 2.04. The number of carbonyl (C=O) groups excluding carboxylic acids is 1. The fourth-order valence-corrected chi connectivity index (χ4v) is 0.935. The molecule has 1 rings (SSSR count). The highest BCUT2D eigenvalue weighted by molar-refractivity contribution is 5.84. The molecule has 0 aliphatic rings. The van der Waals surface area contributed by atoms with Crippen LogP contribution in [0.5, 0.6) is 0 Å². The van der Waals surface area contributed by atoms with Gasteiger partial charge in [-0.2, -0.15) is 0 Å². The largest absolute Gasteiger partial charge is 0.545 e. The van der Waals surface area contributed by atoms with Gasteiger partial charge in [-0.1, -0.05) is 0 Å². The molecule has 1 aromatic heterocycles. The number of carboxylic acid groups (broad SMARTS) is 1. The van der Waals surface area contributed by atoms with Gasteiger partial charge in [0.25, 0.3) is 0 Å². The van der Waals surface area contributed by atoms with E-state index in [1.807, 2.05) is 24.6 Å². The Morgan fingerprint density at radius 2 is 2.25 bits per heavy atom. The lowest BCUT2D eigenvalue weighted by Crippen LogP contribution is -2.37. The van der Waals surface area contributed by atoms with Crippen molar-refractivity contribution < 1.29 is 14.5 Å². The molecular formula is C9H11NO2. The number of carbonyl (C=O) groups is 1. The molecule has 0 saturated heterocycles. The van der Waals surface area contributed by atoms with Gasteiger partial charge in [-0.25, -0.2) is 4.57 Å². The van der Waals surface area contributed by atoms with Crippen LogP contribution in [0.25, 0.3) is 0 Å². The summed E-state index contributed by atoms with van der Waals surface area (Å²) >= 11 is 0. The van der Waals surface area contributed by atoms with E-state index in [2.05, 4.69) is 0 Å². The zero-order chi connectivity index (χ0) is 9.14. The number of nitrogens with zero attached hydrogens (tertiary/aromatic N) is 1. The van der Waals surface area contributed by atoms with Crippen molar-refractivity contribution in [3.63, 3.8) is 0 Å². The highest BCUT2D eigenvalue weighted by Crippen LogP contribution is 1.95. The topological polar surface area (TPSA) is 44.0 Å². The summed E-state index contributed by atoms with van der Waals surface area (Å²) in [6.07, 6.45) is 3.40. The van der Waals surface area contributed by atoms with Gasteiger partial charge in [-0.15, -0.1) is 0 Å². The van der Waals surface area contributed by atoms with Gasteiger partial charge in [-0.3, -0.25) is 0 Å². The Kier molecular flexibility index (Phi) is 2.43. The van der Waals surface area contributed by atoms with Gasteiger partial charge in [0, 0.05) is 6.07 Å². The maximum Gasteiger partial charge on any atom is 0.178 e. The summed E-state index contributed by atoms with van der Waals surface area (Å²) in [5.41, 5.74) is 0.214. The molecule has 0 aromatic carbocycles. The molecule has 0 saturated carbocycles. The number of hydrogen-bond acceptors (Lipinski definition) is 2. The van der Waals surface area contributed by atoms with E-state index in [4.69, 9.17) is 0 Å².